The summed E-state index contributed by atoms with van der Waals surface area (Å²) in [5, 5.41) is 17.4. The SMILES string of the molecule is COC(=O)c1c([N+](=O)[O-])c(Br)nn1CCNC(=O)OC(C)(C)C. The summed E-state index contributed by atoms with van der Waals surface area (Å²) in [7, 11) is 1.11. The van der Waals surface area contributed by atoms with E-state index in [0.717, 1.165) is 11.8 Å². The molecule has 0 spiro atoms. The molecule has 11 heteroatoms. The van der Waals surface area contributed by atoms with Crippen molar-refractivity contribution in [3.05, 3.63) is 20.4 Å². The fourth-order valence-electron chi connectivity index (χ4n) is 1.62. The first kappa shape index (κ1) is 18.9. The van der Waals surface area contributed by atoms with E-state index in [1.54, 1.807) is 20.8 Å². The number of hydrogen-bond acceptors (Lipinski definition) is 7. The minimum Gasteiger partial charge on any atom is -0.464 e. The largest absolute Gasteiger partial charge is 0.464 e. The number of nitrogens with zero attached hydrogens (tertiary/aromatic N) is 3. The second kappa shape index (κ2) is 7.40. The highest BCUT2D eigenvalue weighted by atomic mass is 79.9. The van der Waals surface area contributed by atoms with Crippen molar-refractivity contribution in [1.82, 2.24) is 15.1 Å². The van der Waals surface area contributed by atoms with Gasteiger partial charge in [-0.3, -0.25) is 10.1 Å². The second-order valence-corrected chi connectivity index (χ2v) is 6.14. The minimum atomic E-state index is -0.896. The molecule has 1 heterocycles. The number of aromatic nitrogens is 2. The maximum Gasteiger partial charge on any atom is 0.407 e. The Kier molecular flexibility index (Phi) is 6.07. The van der Waals surface area contributed by atoms with E-state index in [2.05, 4.69) is 31.1 Å². The third-order valence-corrected chi connectivity index (χ3v) is 2.97. The number of esters is 1. The Morgan fingerprint density at radius 1 is 1.43 bits per heavy atom. The number of nitro groups is 1. The fourth-order valence-corrected chi connectivity index (χ4v) is 2.15. The van der Waals surface area contributed by atoms with Gasteiger partial charge in [0.1, 0.15) is 5.60 Å². The molecule has 1 rings (SSSR count). The number of alkyl carbamates (subject to hydrolysis) is 1. The first-order valence-corrected chi connectivity index (χ1v) is 7.32. The lowest BCUT2D eigenvalue weighted by Crippen LogP contribution is -2.34. The van der Waals surface area contributed by atoms with Crippen molar-refractivity contribution in [2.75, 3.05) is 13.7 Å². The van der Waals surface area contributed by atoms with Crippen LogP contribution >= 0.6 is 15.9 Å². The van der Waals surface area contributed by atoms with Crippen LogP contribution in [0.25, 0.3) is 0 Å². The van der Waals surface area contributed by atoms with Crippen molar-refractivity contribution >= 4 is 33.7 Å². The molecule has 1 amide bonds. The van der Waals surface area contributed by atoms with E-state index in [0.29, 0.717) is 0 Å². The first-order valence-electron chi connectivity index (χ1n) is 6.52. The molecule has 1 aromatic rings. The molecule has 0 aromatic carbocycles. The Labute approximate surface area is 140 Å². The monoisotopic (exact) mass is 392 g/mol. The Morgan fingerprint density at radius 3 is 2.52 bits per heavy atom. The summed E-state index contributed by atoms with van der Waals surface area (Å²) in [4.78, 5) is 33.6. The summed E-state index contributed by atoms with van der Waals surface area (Å²) >= 11 is 2.93. The molecule has 128 valence electrons. The molecule has 0 unspecified atom stereocenters. The van der Waals surface area contributed by atoms with Crippen LogP contribution in [0.3, 0.4) is 0 Å². The van der Waals surface area contributed by atoms with Crippen molar-refractivity contribution in [3.63, 3.8) is 0 Å². The fraction of sp³-hybridized carbons (Fsp3) is 0.583. The minimum absolute atomic E-state index is 0.0239. The van der Waals surface area contributed by atoms with Crippen LogP contribution in [0, 0.1) is 10.1 Å². The predicted octanol–water partition coefficient (Wildman–Crippen LogP) is 1.87. The maximum atomic E-state index is 11.7. The smallest absolute Gasteiger partial charge is 0.407 e. The molecular weight excluding hydrogens is 376 g/mol. The molecule has 1 aromatic heterocycles. The van der Waals surface area contributed by atoms with E-state index in [-0.39, 0.29) is 23.4 Å². The van der Waals surface area contributed by atoms with Gasteiger partial charge in [0, 0.05) is 6.54 Å². The van der Waals surface area contributed by atoms with E-state index in [1.165, 1.54) is 0 Å². The average molecular weight is 393 g/mol. The van der Waals surface area contributed by atoms with Crippen LogP contribution in [0.1, 0.15) is 31.3 Å². The van der Waals surface area contributed by atoms with Gasteiger partial charge in [-0.1, -0.05) is 0 Å². The zero-order valence-electron chi connectivity index (χ0n) is 13.1. The van der Waals surface area contributed by atoms with Gasteiger partial charge in [-0.05, 0) is 36.7 Å². The van der Waals surface area contributed by atoms with Crippen LogP contribution in [-0.2, 0) is 16.0 Å². The van der Waals surface area contributed by atoms with Crippen LogP contribution in [0.15, 0.2) is 4.60 Å². The van der Waals surface area contributed by atoms with Crippen molar-refractivity contribution < 1.29 is 24.0 Å². The first-order chi connectivity index (χ1) is 10.6. The normalized spacial score (nSPS) is 11.0. The van der Waals surface area contributed by atoms with Gasteiger partial charge in [0.2, 0.25) is 10.3 Å². The lowest BCUT2D eigenvalue weighted by Gasteiger charge is -2.19. The van der Waals surface area contributed by atoms with Gasteiger partial charge in [0.15, 0.2) is 0 Å². The zero-order valence-corrected chi connectivity index (χ0v) is 14.7. The number of carbonyl (C=O) groups excluding carboxylic acids is 2. The van der Waals surface area contributed by atoms with Crippen LogP contribution < -0.4 is 5.32 Å². The number of nitrogens with one attached hydrogen (secondary N) is 1. The molecule has 0 aliphatic rings. The number of amides is 1. The third-order valence-electron chi connectivity index (χ3n) is 2.44. The highest BCUT2D eigenvalue weighted by molar-refractivity contribution is 9.10. The van der Waals surface area contributed by atoms with Gasteiger partial charge in [-0.2, -0.15) is 5.10 Å². The van der Waals surface area contributed by atoms with Crippen LogP contribution in [0.2, 0.25) is 0 Å². The number of methoxy groups -OCH3 is 1. The molecule has 1 N–H and O–H groups in total. The summed E-state index contributed by atoms with van der Waals surface area (Å²) in [5.74, 6) is -0.896. The molecule has 0 saturated heterocycles. The number of halogens is 1. The number of ether oxygens (including phenoxy) is 2. The van der Waals surface area contributed by atoms with Crippen molar-refractivity contribution in [2.24, 2.45) is 0 Å². The van der Waals surface area contributed by atoms with Gasteiger partial charge in [0.25, 0.3) is 0 Å². The third kappa shape index (κ3) is 5.20. The molecule has 0 aliphatic carbocycles. The topological polar surface area (TPSA) is 126 Å². The van der Waals surface area contributed by atoms with Crippen LogP contribution in [0.4, 0.5) is 10.5 Å². The lowest BCUT2D eigenvalue weighted by atomic mass is 10.2. The Balaban J connectivity index is 2.85. The summed E-state index contributed by atoms with van der Waals surface area (Å²) in [6.07, 6.45) is -0.641. The molecule has 0 fully saturated rings. The molecule has 0 radical (unpaired) electrons. The summed E-state index contributed by atoms with van der Waals surface area (Å²) < 4.78 is 10.6. The van der Waals surface area contributed by atoms with E-state index in [4.69, 9.17) is 4.74 Å². The predicted molar refractivity (Wildman–Crippen MR) is 82.2 cm³/mol. The van der Waals surface area contributed by atoms with Gasteiger partial charge >= 0.3 is 17.7 Å². The number of rotatable bonds is 5. The molecule has 0 bridgehead atoms. The molecule has 23 heavy (non-hydrogen) atoms. The number of hydrogen-bond donors (Lipinski definition) is 1. The second-order valence-electron chi connectivity index (χ2n) is 5.39. The number of carbonyl (C=O) groups is 2. The quantitative estimate of drug-likeness (QED) is 0.460. The average Bonchev–Trinajstić information content (AvgIpc) is 2.72. The van der Waals surface area contributed by atoms with E-state index in [9.17, 15) is 19.7 Å². The standard InChI is InChI=1S/C12H17BrN4O6/c1-12(2,3)23-11(19)14-5-6-16-8(10(18)22-4)7(17(20)21)9(13)15-16/h5-6H2,1-4H3,(H,14,19). The molecular formula is C12H17BrN4O6. The van der Waals surface area contributed by atoms with Gasteiger partial charge in [-0.15, -0.1) is 0 Å². The van der Waals surface area contributed by atoms with Crippen LogP contribution in [-0.4, -0.2) is 46.0 Å². The van der Waals surface area contributed by atoms with Gasteiger partial charge < -0.3 is 14.8 Å². The molecule has 0 atom stereocenters. The van der Waals surface area contributed by atoms with Crippen LogP contribution in [0.5, 0.6) is 0 Å². The van der Waals surface area contributed by atoms with Gasteiger partial charge in [0.05, 0.1) is 18.6 Å². The highest BCUT2D eigenvalue weighted by Gasteiger charge is 2.32. The van der Waals surface area contributed by atoms with Crippen molar-refractivity contribution in [2.45, 2.75) is 32.9 Å². The van der Waals surface area contributed by atoms with E-state index >= 15 is 0 Å². The molecule has 0 aliphatic heterocycles. The van der Waals surface area contributed by atoms with Crippen molar-refractivity contribution in [1.29, 1.82) is 0 Å². The van der Waals surface area contributed by atoms with E-state index in [1.807, 2.05) is 0 Å². The zero-order chi connectivity index (χ0) is 17.8. The maximum absolute atomic E-state index is 11.7. The van der Waals surface area contributed by atoms with E-state index < -0.39 is 28.3 Å². The lowest BCUT2D eigenvalue weighted by molar-refractivity contribution is -0.386. The summed E-state index contributed by atoms with van der Waals surface area (Å²) in [6, 6.07) is 0. The Morgan fingerprint density at radius 2 is 2.04 bits per heavy atom. The Bertz CT molecular complexity index is 622. The van der Waals surface area contributed by atoms with Crippen molar-refractivity contribution in [3.8, 4) is 0 Å². The summed E-state index contributed by atoms with van der Waals surface area (Å²) in [6.45, 7) is 5.24. The van der Waals surface area contributed by atoms with Gasteiger partial charge in [-0.25, -0.2) is 14.3 Å². The molecule has 10 nitrogen and oxygen atoms in total. The Hall–Kier alpha value is -2.17. The highest BCUT2D eigenvalue weighted by Crippen LogP contribution is 2.28. The molecule has 0 saturated carbocycles. The summed E-state index contributed by atoms with van der Waals surface area (Å²) in [5.41, 5.74) is -1.45.